The van der Waals surface area contributed by atoms with Gasteiger partial charge in [0.1, 0.15) is 19.3 Å². The van der Waals surface area contributed by atoms with Crippen molar-refractivity contribution in [1.29, 1.82) is 0 Å². The Hall–Kier alpha value is -1.94. The highest BCUT2D eigenvalue weighted by atomic mass is 31.2. The minimum absolute atomic E-state index is 0.106. The Balaban J connectivity index is 5.20. The van der Waals surface area contributed by atoms with Gasteiger partial charge in [0.05, 0.1) is 26.4 Å². The Morgan fingerprint density at radius 2 is 0.510 bits per heavy atom. The molecule has 0 bridgehead atoms. The molecule has 17 nitrogen and oxygen atoms in total. The van der Waals surface area contributed by atoms with Gasteiger partial charge in [0.25, 0.3) is 0 Å². The molecule has 0 radical (unpaired) electrons. The second-order valence-corrected chi connectivity index (χ2v) is 32.8. The van der Waals surface area contributed by atoms with Crippen LogP contribution >= 0.6 is 15.6 Å². The van der Waals surface area contributed by atoms with Crippen molar-refractivity contribution in [3.8, 4) is 0 Å². The zero-order valence-corrected chi connectivity index (χ0v) is 67.3. The van der Waals surface area contributed by atoms with Gasteiger partial charge >= 0.3 is 39.5 Å². The average molecular weight is 1470 g/mol. The second kappa shape index (κ2) is 72.6. The van der Waals surface area contributed by atoms with Crippen molar-refractivity contribution in [2.45, 2.75) is 445 Å². The number of aliphatic hydroxyl groups excluding tert-OH is 1. The van der Waals surface area contributed by atoms with Crippen LogP contribution in [-0.2, 0) is 65.4 Å². The van der Waals surface area contributed by atoms with Crippen LogP contribution in [0.2, 0.25) is 0 Å². The average Bonchev–Trinajstić information content (AvgIpc) is 0.918. The molecular weight excluding hydrogens is 1310 g/mol. The van der Waals surface area contributed by atoms with Crippen molar-refractivity contribution in [2.75, 3.05) is 39.6 Å². The third-order valence-electron chi connectivity index (χ3n) is 19.3. The molecule has 3 unspecified atom stereocenters. The van der Waals surface area contributed by atoms with E-state index >= 15 is 0 Å². The molecule has 0 aromatic carbocycles. The molecule has 19 heteroatoms. The first kappa shape index (κ1) is 98.1. The van der Waals surface area contributed by atoms with Crippen molar-refractivity contribution >= 4 is 39.5 Å². The van der Waals surface area contributed by atoms with E-state index in [1.807, 2.05) is 0 Å². The number of ether oxygens (including phenoxy) is 4. The van der Waals surface area contributed by atoms with Crippen LogP contribution in [0.1, 0.15) is 427 Å². The van der Waals surface area contributed by atoms with Crippen LogP contribution in [0.3, 0.4) is 0 Å². The van der Waals surface area contributed by atoms with E-state index in [4.69, 9.17) is 37.0 Å². The minimum Gasteiger partial charge on any atom is -0.462 e. The molecule has 0 spiro atoms. The van der Waals surface area contributed by atoms with Crippen LogP contribution in [-0.4, -0.2) is 96.7 Å². The lowest BCUT2D eigenvalue weighted by atomic mass is 10.00. The highest BCUT2D eigenvalue weighted by molar-refractivity contribution is 7.47. The Morgan fingerprint density at radius 3 is 0.760 bits per heavy atom. The van der Waals surface area contributed by atoms with Crippen LogP contribution in [0.25, 0.3) is 0 Å². The maximum atomic E-state index is 13.1. The second-order valence-electron chi connectivity index (χ2n) is 29.9. The van der Waals surface area contributed by atoms with Crippen molar-refractivity contribution < 1.29 is 80.2 Å². The highest BCUT2D eigenvalue weighted by Crippen LogP contribution is 2.45. The molecule has 0 saturated carbocycles. The minimum atomic E-state index is -4.96. The summed E-state index contributed by atoms with van der Waals surface area (Å²) in [5, 5.41) is 10.6. The molecule has 0 aromatic rings. The first-order valence-electron chi connectivity index (χ1n) is 42.0. The summed E-state index contributed by atoms with van der Waals surface area (Å²) in [7, 11) is -9.92. The number of esters is 4. The molecule has 0 aromatic heterocycles. The number of phosphoric acid groups is 2. The molecule has 0 saturated heterocycles. The summed E-state index contributed by atoms with van der Waals surface area (Å²) in [6.07, 6.45) is 62.6. The number of phosphoric ester groups is 2. The van der Waals surface area contributed by atoms with Gasteiger partial charge in [-0.15, -0.1) is 0 Å². The number of aliphatic hydroxyl groups is 1. The molecule has 6 atom stereocenters. The monoisotopic (exact) mass is 1470 g/mol. The van der Waals surface area contributed by atoms with Gasteiger partial charge in [0, 0.05) is 25.7 Å². The zero-order chi connectivity index (χ0) is 73.5. The van der Waals surface area contributed by atoms with E-state index in [0.29, 0.717) is 25.7 Å². The SMILES string of the molecule is CCCCCCCCCCCCCCCCCCCCCCCCC(=O)O[C@H](COC(=O)CCCCCCCCCCCCCCCCC(C)C)COP(=O)(O)OC[C@@H](O)COP(=O)(O)OC[C@@H](COC(=O)CCCCCCCCC(C)CC)OC(=O)CCCCCCCCCCCCC. The molecule has 0 aliphatic carbocycles. The smallest absolute Gasteiger partial charge is 0.462 e. The van der Waals surface area contributed by atoms with Crippen LogP contribution in [0.5, 0.6) is 0 Å². The van der Waals surface area contributed by atoms with Crippen LogP contribution in [0.4, 0.5) is 0 Å². The van der Waals surface area contributed by atoms with Gasteiger partial charge in [-0.25, -0.2) is 9.13 Å². The van der Waals surface area contributed by atoms with E-state index in [2.05, 4.69) is 41.5 Å². The van der Waals surface area contributed by atoms with Crippen LogP contribution in [0.15, 0.2) is 0 Å². The molecule has 0 aliphatic rings. The summed E-state index contributed by atoms with van der Waals surface area (Å²) >= 11 is 0. The zero-order valence-electron chi connectivity index (χ0n) is 65.5. The Morgan fingerprint density at radius 1 is 0.290 bits per heavy atom. The van der Waals surface area contributed by atoms with E-state index in [-0.39, 0.29) is 25.7 Å². The molecule has 0 aliphatic heterocycles. The number of rotatable bonds is 80. The maximum Gasteiger partial charge on any atom is 0.472 e. The molecule has 0 heterocycles. The molecule has 100 heavy (non-hydrogen) atoms. The number of unbranched alkanes of at least 4 members (excludes halogenated alkanes) is 49. The predicted octanol–water partition coefficient (Wildman–Crippen LogP) is 24.3. The van der Waals surface area contributed by atoms with E-state index < -0.39 is 97.5 Å². The van der Waals surface area contributed by atoms with Crippen molar-refractivity contribution in [3.63, 3.8) is 0 Å². The van der Waals surface area contributed by atoms with Gasteiger partial charge in [-0.1, -0.05) is 375 Å². The fraction of sp³-hybridized carbons (Fsp3) is 0.951. The van der Waals surface area contributed by atoms with E-state index in [9.17, 15) is 43.2 Å². The maximum absolute atomic E-state index is 13.1. The van der Waals surface area contributed by atoms with Crippen molar-refractivity contribution in [1.82, 2.24) is 0 Å². The highest BCUT2D eigenvalue weighted by Gasteiger charge is 2.30. The Bertz CT molecular complexity index is 1930. The normalized spacial score (nSPS) is 14.2. The topological polar surface area (TPSA) is 237 Å². The van der Waals surface area contributed by atoms with Gasteiger partial charge in [0.2, 0.25) is 0 Å². The summed E-state index contributed by atoms with van der Waals surface area (Å²) in [5.41, 5.74) is 0. The molecule has 0 amide bonds. The van der Waals surface area contributed by atoms with Gasteiger partial charge in [0.15, 0.2) is 12.2 Å². The predicted molar refractivity (Wildman–Crippen MR) is 409 cm³/mol. The Kier molecular flexibility index (Phi) is 71.2. The first-order chi connectivity index (χ1) is 48.4. The summed E-state index contributed by atoms with van der Waals surface area (Å²) < 4.78 is 68.6. The number of carbonyl (C=O) groups is 4. The van der Waals surface area contributed by atoms with Gasteiger partial charge < -0.3 is 33.8 Å². The lowest BCUT2D eigenvalue weighted by Crippen LogP contribution is -2.30. The quantitative estimate of drug-likeness (QED) is 0.0222. The van der Waals surface area contributed by atoms with Crippen LogP contribution < -0.4 is 0 Å². The summed E-state index contributed by atoms with van der Waals surface area (Å²) in [6, 6.07) is 0. The first-order valence-corrected chi connectivity index (χ1v) is 45.0. The van der Waals surface area contributed by atoms with Gasteiger partial charge in [-0.05, 0) is 37.5 Å². The number of carbonyl (C=O) groups excluding carboxylic acids is 4. The van der Waals surface area contributed by atoms with Gasteiger partial charge in [-0.2, -0.15) is 0 Å². The lowest BCUT2D eigenvalue weighted by molar-refractivity contribution is -0.161. The van der Waals surface area contributed by atoms with Gasteiger partial charge in [-0.3, -0.25) is 37.3 Å². The Labute approximate surface area is 613 Å². The van der Waals surface area contributed by atoms with E-state index in [1.54, 1.807) is 0 Å². The fourth-order valence-corrected chi connectivity index (χ4v) is 14.1. The molecule has 594 valence electrons. The van der Waals surface area contributed by atoms with E-state index in [0.717, 1.165) is 108 Å². The third kappa shape index (κ3) is 73.0. The fourth-order valence-electron chi connectivity index (χ4n) is 12.5. The molecule has 3 N–H and O–H groups in total. The van der Waals surface area contributed by atoms with E-state index in [1.165, 1.54) is 238 Å². The standard InChI is InChI=1S/C81H158O17P2/c1-7-10-12-14-16-18-20-21-22-23-24-25-26-27-28-29-34-38-42-46-54-60-66-81(86)97-76(69-91-78(83)63-57-51-44-40-37-33-31-30-32-36-39-43-49-55-61-73(4)5)71-95-99(87,88)93-67-75(82)68-94-100(89,90)96-72-77(70-92-79(84)64-58-52-48-47-50-56-62-74(6)9-3)98-80(85)65-59-53-45-41-35-19-17-15-13-11-8-2/h73-77,82H,7-72H2,1-6H3,(H,87,88)(H,89,90)/t74?,75-,76-,77-/m1/s1. The third-order valence-corrected chi connectivity index (χ3v) is 21.2. The lowest BCUT2D eigenvalue weighted by Gasteiger charge is -2.21. The largest absolute Gasteiger partial charge is 0.472 e. The van der Waals surface area contributed by atoms with Crippen molar-refractivity contribution in [2.24, 2.45) is 11.8 Å². The molecule has 0 fully saturated rings. The molecule has 0 rings (SSSR count). The summed E-state index contributed by atoms with van der Waals surface area (Å²) in [4.78, 5) is 72.9. The van der Waals surface area contributed by atoms with Crippen LogP contribution in [0, 0.1) is 11.8 Å². The van der Waals surface area contributed by atoms with Crippen molar-refractivity contribution in [3.05, 3.63) is 0 Å². The number of hydrogen-bond donors (Lipinski definition) is 3. The number of hydrogen-bond acceptors (Lipinski definition) is 15. The summed E-state index contributed by atoms with van der Waals surface area (Å²) in [6.45, 7) is 9.60. The summed E-state index contributed by atoms with van der Waals surface area (Å²) in [5.74, 6) is -0.581. The molecular formula is C81H158O17P2.